The highest BCUT2D eigenvalue weighted by Crippen LogP contribution is 2.33. The van der Waals surface area contributed by atoms with E-state index in [1.165, 1.54) is 50.6 Å². The molecule has 0 fully saturated rings. The zero-order valence-electron chi connectivity index (χ0n) is 12.3. The maximum absolute atomic E-state index is 3.65. The van der Waals surface area contributed by atoms with Gasteiger partial charge in [-0.05, 0) is 60.0 Å². The molecule has 0 spiro atoms. The van der Waals surface area contributed by atoms with E-state index in [1.54, 1.807) is 0 Å². The standard InChI is InChI=1S/C16H29NS/c1-4-7-9-16(6-3,14-17-10-5-2)12-15-8-11-18-13-15/h8,11,13,17H,4-7,9-10,12,14H2,1-3H3. The van der Waals surface area contributed by atoms with Crippen molar-refractivity contribution in [3.63, 3.8) is 0 Å². The molecular formula is C16H29NS. The molecule has 18 heavy (non-hydrogen) atoms. The highest BCUT2D eigenvalue weighted by atomic mass is 32.1. The van der Waals surface area contributed by atoms with Crippen LogP contribution in [-0.2, 0) is 6.42 Å². The average molecular weight is 267 g/mol. The highest BCUT2D eigenvalue weighted by molar-refractivity contribution is 7.07. The molecule has 0 aromatic carbocycles. The second kappa shape index (κ2) is 8.71. The molecule has 0 amide bonds. The van der Waals surface area contributed by atoms with Crippen molar-refractivity contribution in [3.8, 4) is 0 Å². The molecule has 104 valence electrons. The number of thiophene rings is 1. The Bertz CT molecular complexity index is 294. The minimum Gasteiger partial charge on any atom is -0.316 e. The van der Waals surface area contributed by atoms with E-state index >= 15 is 0 Å². The number of rotatable bonds is 10. The van der Waals surface area contributed by atoms with Crippen molar-refractivity contribution in [3.05, 3.63) is 22.4 Å². The molecule has 1 nitrogen and oxygen atoms in total. The van der Waals surface area contributed by atoms with Crippen LogP contribution in [0.1, 0.15) is 58.4 Å². The lowest BCUT2D eigenvalue weighted by atomic mass is 9.75. The van der Waals surface area contributed by atoms with Crippen molar-refractivity contribution >= 4 is 11.3 Å². The Balaban J connectivity index is 2.63. The van der Waals surface area contributed by atoms with Gasteiger partial charge in [0.1, 0.15) is 0 Å². The summed E-state index contributed by atoms with van der Waals surface area (Å²) in [6.45, 7) is 9.22. The van der Waals surface area contributed by atoms with E-state index in [9.17, 15) is 0 Å². The molecule has 0 saturated carbocycles. The third kappa shape index (κ3) is 5.11. The normalized spacial score (nSPS) is 14.6. The van der Waals surface area contributed by atoms with Gasteiger partial charge in [-0.2, -0.15) is 11.3 Å². The summed E-state index contributed by atoms with van der Waals surface area (Å²) in [7, 11) is 0. The number of nitrogens with one attached hydrogen (secondary N) is 1. The molecule has 1 aromatic heterocycles. The van der Waals surface area contributed by atoms with Crippen LogP contribution in [0.25, 0.3) is 0 Å². The lowest BCUT2D eigenvalue weighted by Gasteiger charge is -2.33. The van der Waals surface area contributed by atoms with E-state index in [-0.39, 0.29) is 0 Å². The molecule has 0 radical (unpaired) electrons. The monoisotopic (exact) mass is 267 g/mol. The molecule has 1 rings (SSSR count). The van der Waals surface area contributed by atoms with Crippen molar-refractivity contribution in [1.82, 2.24) is 5.32 Å². The van der Waals surface area contributed by atoms with Crippen LogP contribution in [0.15, 0.2) is 16.8 Å². The zero-order chi connectivity index (χ0) is 13.3. The first kappa shape index (κ1) is 15.7. The van der Waals surface area contributed by atoms with Crippen LogP contribution in [-0.4, -0.2) is 13.1 Å². The van der Waals surface area contributed by atoms with Gasteiger partial charge in [0.15, 0.2) is 0 Å². The van der Waals surface area contributed by atoms with E-state index < -0.39 is 0 Å². The Kier molecular flexibility index (Phi) is 7.60. The first-order chi connectivity index (χ1) is 8.76. The Labute approximate surface area is 117 Å². The summed E-state index contributed by atoms with van der Waals surface area (Å²) >= 11 is 1.82. The Hall–Kier alpha value is -0.340. The molecule has 0 saturated heterocycles. The van der Waals surface area contributed by atoms with Crippen LogP contribution in [0.5, 0.6) is 0 Å². The van der Waals surface area contributed by atoms with Gasteiger partial charge < -0.3 is 5.32 Å². The van der Waals surface area contributed by atoms with Crippen LogP contribution in [0, 0.1) is 5.41 Å². The van der Waals surface area contributed by atoms with Crippen LogP contribution in [0.4, 0.5) is 0 Å². The summed E-state index contributed by atoms with van der Waals surface area (Å²) in [6.07, 6.45) is 7.76. The van der Waals surface area contributed by atoms with E-state index in [0.29, 0.717) is 5.41 Å². The molecule has 0 bridgehead atoms. The number of hydrogen-bond donors (Lipinski definition) is 1. The summed E-state index contributed by atoms with van der Waals surface area (Å²) in [4.78, 5) is 0. The van der Waals surface area contributed by atoms with Crippen LogP contribution >= 0.6 is 11.3 Å². The second-order valence-electron chi connectivity index (χ2n) is 5.44. The summed E-state index contributed by atoms with van der Waals surface area (Å²) in [5, 5.41) is 8.17. The summed E-state index contributed by atoms with van der Waals surface area (Å²) in [5.74, 6) is 0. The van der Waals surface area contributed by atoms with Gasteiger partial charge in [-0.3, -0.25) is 0 Å². The van der Waals surface area contributed by atoms with Crippen molar-refractivity contribution in [1.29, 1.82) is 0 Å². The van der Waals surface area contributed by atoms with Gasteiger partial charge in [0, 0.05) is 6.54 Å². The van der Waals surface area contributed by atoms with Crippen molar-refractivity contribution in [2.45, 2.75) is 59.3 Å². The van der Waals surface area contributed by atoms with Gasteiger partial charge in [-0.1, -0.05) is 33.6 Å². The zero-order valence-corrected chi connectivity index (χ0v) is 13.1. The molecule has 2 heteroatoms. The fourth-order valence-electron chi connectivity index (χ4n) is 2.57. The van der Waals surface area contributed by atoms with Gasteiger partial charge in [0.25, 0.3) is 0 Å². The molecule has 1 heterocycles. The second-order valence-corrected chi connectivity index (χ2v) is 6.22. The summed E-state index contributed by atoms with van der Waals surface area (Å²) < 4.78 is 0. The predicted molar refractivity (Wildman–Crippen MR) is 83.4 cm³/mol. The highest BCUT2D eigenvalue weighted by Gasteiger charge is 2.27. The van der Waals surface area contributed by atoms with Gasteiger partial charge in [-0.25, -0.2) is 0 Å². The lowest BCUT2D eigenvalue weighted by molar-refractivity contribution is 0.229. The fraction of sp³-hybridized carbons (Fsp3) is 0.750. The molecule has 1 N–H and O–H groups in total. The molecular weight excluding hydrogens is 238 g/mol. The Morgan fingerprint density at radius 3 is 2.61 bits per heavy atom. The summed E-state index contributed by atoms with van der Waals surface area (Å²) in [5.41, 5.74) is 1.99. The minimum atomic E-state index is 0.465. The van der Waals surface area contributed by atoms with Gasteiger partial charge in [-0.15, -0.1) is 0 Å². The molecule has 0 aliphatic carbocycles. The first-order valence-corrected chi connectivity index (χ1v) is 8.42. The lowest BCUT2D eigenvalue weighted by Crippen LogP contribution is -2.36. The molecule has 0 aliphatic rings. The van der Waals surface area contributed by atoms with E-state index in [0.717, 1.165) is 6.54 Å². The Morgan fingerprint density at radius 2 is 2.06 bits per heavy atom. The van der Waals surface area contributed by atoms with Crippen LogP contribution < -0.4 is 5.32 Å². The third-order valence-corrected chi connectivity index (χ3v) is 4.63. The summed E-state index contributed by atoms with van der Waals surface area (Å²) in [6, 6.07) is 2.29. The fourth-order valence-corrected chi connectivity index (χ4v) is 3.24. The largest absolute Gasteiger partial charge is 0.316 e. The predicted octanol–water partition coefficient (Wildman–Crippen LogP) is 4.88. The molecule has 1 unspecified atom stereocenters. The molecule has 1 aromatic rings. The number of hydrogen-bond acceptors (Lipinski definition) is 2. The van der Waals surface area contributed by atoms with Gasteiger partial charge in [0.2, 0.25) is 0 Å². The SMILES string of the molecule is CCCCC(CC)(CNCCC)Cc1ccsc1. The molecule has 1 atom stereocenters. The first-order valence-electron chi connectivity index (χ1n) is 7.48. The van der Waals surface area contributed by atoms with E-state index in [4.69, 9.17) is 0 Å². The Morgan fingerprint density at radius 1 is 1.22 bits per heavy atom. The topological polar surface area (TPSA) is 12.0 Å². The van der Waals surface area contributed by atoms with Gasteiger partial charge in [0.05, 0.1) is 0 Å². The van der Waals surface area contributed by atoms with Crippen molar-refractivity contribution in [2.24, 2.45) is 5.41 Å². The van der Waals surface area contributed by atoms with Crippen LogP contribution in [0.2, 0.25) is 0 Å². The van der Waals surface area contributed by atoms with Crippen molar-refractivity contribution in [2.75, 3.05) is 13.1 Å². The maximum Gasteiger partial charge on any atom is 0.00109 e. The quantitative estimate of drug-likeness (QED) is 0.596. The van der Waals surface area contributed by atoms with E-state index in [1.807, 2.05) is 11.3 Å². The average Bonchev–Trinajstić information content (AvgIpc) is 2.89. The smallest absolute Gasteiger partial charge is 0.00109 e. The third-order valence-electron chi connectivity index (χ3n) is 3.90. The van der Waals surface area contributed by atoms with Crippen LogP contribution in [0.3, 0.4) is 0 Å². The number of unbranched alkanes of at least 4 members (excludes halogenated alkanes) is 1. The van der Waals surface area contributed by atoms with Crippen molar-refractivity contribution < 1.29 is 0 Å². The minimum absolute atomic E-state index is 0.465. The maximum atomic E-state index is 3.65. The molecule has 0 aliphatic heterocycles. The van der Waals surface area contributed by atoms with E-state index in [2.05, 4.69) is 42.9 Å². The van der Waals surface area contributed by atoms with Gasteiger partial charge >= 0.3 is 0 Å².